The smallest absolute Gasteiger partial charge is 0.252 e. The van der Waals surface area contributed by atoms with Crippen molar-refractivity contribution < 1.29 is 19.4 Å². The minimum absolute atomic E-state index is 0.0929. The molecule has 2 N–H and O–H groups in total. The van der Waals surface area contributed by atoms with Gasteiger partial charge in [0.15, 0.2) is 5.54 Å². The molecule has 1 aliphatic rings. The van der Waals surface area contributed by atoms with Crippen LogP contribution < -0.4 is 15.0 Å². The Morgan fingerprint density at radius 2 is 1.75 bits per heavy atom. The molecule has 1 aliphatic heterocycles. The van der Waals surface area contributed by atoms with Crippen molar-refractivity contribution in [3.8, 4) is 5.75 Å². The molecule has 0 radical (unpaired) electrons. The van der Waals surface area contributed by atoms with Crippen molar-refractivity contribution in [1.82, 2.24) is 5.32 Å². The first kappa shape index (κ1) is 25.3. The van der Waals surface area contributed by atoms with Crippen molar-refractivity contribution in [3.63, 3.8) is 0 Å². The second-order valence-corrected chi connectivity index (χ2v) is 9.09. The Labute approximate surface area is 212 Å². The van der Waals surface area contributed by atoms with Gasteiger partial charge in [-0.15, -0.1) is 0 Å². The Bertz CT molecular complexity index is 1160. The molecule has 0 saturated heterocycles. The van der Waals surface area contributed by atoms with Gasteiger partial charge in [0.2, 0.25) is 5.90 Å². The molecule has 0 saturated carbocycles. The zero-order valence-corrected chi connectivity index (χ0v) is 20.8. The Balaban J connectivity index is 1.52. The van der Waals surface area contributed by atoms with E-state index in [2.05, 4.69) is 5.32 Å². The Kier molecular flexibility index (Phi) is 8.23. The number of aliphatic hydroxyl groups excluding tert-OH is 1. The van der Waals surface area contributed by atoms with Crippen molar-refractivity contribution >= 4 is 17.5 Å². The summed E-state index contributed by atoms with van der Waals surface area (Å²) in [6.45, 7) is 1.12. The Morgan fingerprint density at radius 3 is 2.42 bits per heavy atom. The Hall–Kier alpha value is -3.84. The predicted molar refractivity (Wildman–Crippen MR) is 142 cm³/mol. The minimum atomic E-state index is -1.06. The average Bonchev–Trinajstić information content (AvgIpc) is 3.34. The van der Waals surface area contributed by atoms with Gasteiger partial charge in [-0.05, 0) is 47.5 Å². The zero-order chi connectivity index (χ0) is 25.4. The summed E-state index contributed by atoms with van der Waals surface area (Å²) in [5.74, 6) is 0.986. The molecule has 0 bridgehead atoms. The monoisotopic (exact) mass is 487 g/mol. The SMILES string of the molecule is CN(C)c1ccc(CNC(=O)[C@@]2(Cc3ccccc3)COC(c3ccc(OCCCO)cc3)=N2)cc1. The van der Waals surface area contributed by atoms with Gasteiger partial charge >= 0.3 is 0 Å². The Morgan fingerprint density at radius 1 is 1.03 bits per heavy atom. The number of hydrogen-bond donors (Lipinski definition) is 2. The van der Waals surface area contributed by atoms with E-state index in [0.717, 1.165) is 22.4 Å². The van der Waals surface area contributed by atoms with E-state index in [4.69, 9.17) is 19.6 Å². The van der Waals surface area contributed by atoms with Gasteiger partial charge in [-0.2, -0.15) is 0 Å². The van der Waals surface area contributed by atoms with Gasteiger partial charge < -0.3 is 24.8 Å². The summed E-state index contributed by atoms with van der Waals surface area (Å²) in [5, 5.41) is 12.0. The molecule has 1 heterocycles. The lowest BCUT2D eigenvalue weighted by Crippen LogP contribution is -2.48. The van der Waals surface area contributed by atoms with Crippen LogP contribution in [-0.2, 0) is 22.5 Å². The summed E-state index contributed by atoms with van der Waals surface area (Å²) >= 11 is 0. The average molecular weight is 488 g/mol. The number of aliphatic hydroxyl groups is 1. The maximum atomic E-state index is 13.6. The van der Waals surface area contributed by atoms with Gasteiger partial charge in [0, 0.05) is 51.3 Å². The van der Waals surface area contributed by atoms with Gasteiger partial charge in [-0.3, -0.25) is 4.79 Å². The number of benzene rings is 3. The van der Waals surface area contributed by atoms with Crippen LogP contribution in [0.15, 0.2) is 83.9 Å². The summed E-state index contributed by atoms with van der Waals surface area (Å²) < 4.78 is 11.6. The number of ether oxygens (including phenoxy) is 2. The first-order valence-electron chi connectivity index (χ1n) is 12.1. The number of rotatable bonds is 11. The fraction of sp³-hybridized carbons (Fsp3) is 0.310. The standard InChI is InChI=1S/C29H33N3O4/c1-32(2)25-13-9-23(10-14-25)20-30-28(34)29(19-22-7-4-3-5-8-22)21-36-27(31-29)24-11-15-26(16-12-24)35-18-6-17-33/h3-5,7-16,33H,6,17-21H2,1-2H3,(H,30,34)/t29-/m1/s1. The van der Waals surface area contributed by atoms with Gasteiger partial charge in [0.1, 0.15) is 12.4 Å². The van der Waals surface area contributed by atoms with Crippen molar-refractivity contribution in [2.45, 2.75) is 24.9 Å². The van der Waals surface area contributed by atoms with Crippen LogP contribution >= 0.6 is 0 Å². The lowest BCUT2D eigenvalue weighted by Gasteiger charge is -2.23. The molecule has 1 atom stereocenters. The molecule has 3 aromatic rings. The molecule has 0 aromatic heterocycles. The summed E-state index contributed by atoms with van der Waals surface area (Å²) in [6.07, 6.45) is 1.01. The zero-order valence-electron chi connectivity index (χ0n) is 20.8. The van der Waals surface area contributed by atoms with Crippen LogP contribution in [0.2, 0.25) is 0 Å². The third kappa shape index (κ3) is 6.23. The topological polar surface area (TPSA) is 83.4 Å². The molecule has 36 heavy (non-hydrogen) atoms. The molecule has 0 fully saturated rings. The van der Waals surface area contributed by atoms with E-state index in [1.54, 1.807) is 0 Å². The van der Waals surface area contributed by atoms with Crippen LogP contribution in [0.25, 0.3) is 0 Å². The van der Waals surface area contributed by atoms with Crippen molar-refractivity contribution in [1.29, 1.82) is 0 Å². The quantitative estimate of drug-likeness (QED) is 0.404. The number of aliphatic imine (C=N–C) groups is 1. The first-order chi connectivity index (χ1) is 17.5. The molecule has 7 nitrogen and oxygen atoms in total. The highest BCUT2D eigenvalue weighted by molar-refractivity contribution is 6.00. The van der Waals surface area contributed by atoms with Crippen LogP contribution in [0.1, 0.15) is 23.1 Å². The molecule has 1 amide bonds. The van der Waals surface area contributed by atoms with E-state index in [1.807, 2.05) is 97.9 Å². The summed E-state index contributed by atoms with van der Waals surface area (Å²) in [6, 6.07) is 25.4. The highest BCUT2D eigenvalue weighted by Crippen LogP contribution is 2.28. The van der Waals surface area contributed by atoms with Crippen LogP contribution in [0.5, 0.6) is 5.75 Å². The molecule has 3 aromatic carbocycles. The summed E-state index contributed by atoms with van der Waals surface area (Å²) in [5.41, 5.74) is 2.87. The summed E-state index contributed by atoms with van der Waals surface area (Å²) in [7, 11) is 4.00. The molecule has 0 unspecified atom stereocenters. The predicted octanol–water partition coefficient (Wildman–Crippen LogP) is 3.59. The fourth-order valence-corrected chi connectivity index (χ4v) is 4.02. The van der Waals surface area contributed by atoms with Gasteiger partial charge in [0.25, 0.3) is 5.91 Å². The number of amides is 1. The first-order valence-corrected chi connectivity index (χ1v) is 12.1. The third-order valence-electron chi connectivity index (χ3n) is 6.10. The van der Waals surface area contributed by atoms with Gasteiger partial charge in [-0.25, -0.2) is 4.99 Å². The molecule has 0 spiro atoms. The number of nitrogens with one attached hydrogen (secondary N) is 1. The van der Waals surface area contributed by atoms with Crippen molar-refractivity contribution in [3.05, 3.63) is 95.6 Å². The normalized spacial score (nSPS) is 16.7. The van der Waals surface area contributed by atoms with Crippen LogP contribution in [0.3, 0.4) is 0 Å². The molecule has 7 heteroatoms. The highest BCUT2D eigenvalue weighted by Gasteiger charge is 2.44. The lowest BCUT2D eigenvalue weighted by atomic mass is 9.91. The van der Waals surface area contributed by atoms with Gasteiger partial charge in [-0.1, -0.05) is 42.5 Å². The number of anilines is 1. The van der Waals surface area contributed by atoms with E-state index in [1.165, 1.54) is 0 Å². The van der Waals surface area contributed by atoms with E-state index in [9.17, 15) is 4.79 Å². The molecule has 0 aliphatic carbocycles. The molecule has 188 valence electrons. The van der Waals surface area contributed by atoms with Crippen LogP contribution in [0.4, 0.5) is 5.69 Å². The fourth-order valence-electron chi connectivity index (χ4n) is 4.02. The summed E-state index contributed by atoms with van der Waals surface area (Å²) in [4.78, 5) is 20.4. The van der Waals surface area contributed by atoms with E-state index in [-0.39, 0.29) is 19.1 Å². The van der Waals surface area contributed by atoms with Crippen molar-refractivity contribution in [2.75, 3.05) is 38.8 Å². The lowest BCUT2D eigenvalue weighted by molar-refractivity contribution is -0.126. The van der Waals surface area contributed by atoms with Gasteiger partial charge in [0.05, 0.1) is 6.61 Å². The van der Waals surface area contributed by atoms with Crippen molar-refractivity contribution in [2.24, 2.45) is 4.99 Å². The number of hydrogen-bond acceptors (Lipinski definition) is 6. The second kappa shape index (κ2) is 11.7. The van der Waals surface area contributed by atoms with E-state index >= 15 is 0 Å². The highest BCUT2D eigenvalue weighted by atomic mass is 16.5. The maximum absolute atomic E-state index is 13.6. The molecular weight excluding hydrogens is 454 g/mol. The molecule has 4 rings (SSSR count). The number of carbonyl (C=O) groups is 1. The van der Waals surface area contributed by atoms with Crippen LogP contribution in [0, 0.1) is 0 Å². The minimum Gasteiger partial charge on any atom is -0.494 e. The molecular formula is C29H33N3O4. The van der Waals surface area contributed by atoms with Crippen LogP contribution in [-0.4, -0.2) is 56.4 Å². The third-order valence-corrected chi connectivity index (χ3v) is 6.10. The largest absolute Gasteiger partial charge is 0.494 e. The maximum Gasteiger partial charge on any atom is 0.252 e. The van der Waals surface area contributed by atoms with E-state index in [0.29, 0.717) is 37.6 Å². The number of nitrogens with zero attached hydrogens (tertiary/aromatic N) is 2. The van der Waals surface area contributed by atoms with E-state index < -0.39 is 5.54 Å². The second-order valence-electron chi connectivity index (χ2n) is 9.09. The number of carbonyl (C=O) groups excluding carboxylic acids is 1.